The molecule has 2 aromatic heterocycles. The SMILES string of the molecule is Cc1ncc(C)c(Nc2ccc3cn[nH]c3c2)n1. The Hall–Kier alpha value is -2.43. The summed E-state index contributed by atoms with van der Waals surface area (Å²) in [5, 5.41) is 11.3. The number of anilines is 2. The lowest BCUT2D eigenvalue weighted by atomic mass is 10.2. The summed E-state index contributed by atoms with van der Waals surface area (Å²) < 4.78 is 0. The van der Waals surface area contributed by atoms with Gasteiger partial charge in [0.2, 0.25) is 0 Å². The van der Waals surface area contributed by atoms with Crippen molar-refractivity contribution in [2.45, 2.75) is 13.8 Å². The molecule has 5 heteroatoms. The van der Waals surface area contributed by atoms with Crippen LogP contribution in [0.2, 0.25) is 0 Å². The summed E-state index contributed by atoms with van der Waals surface area (Å²) in [6.45, 7) is 3.86. The second-order valence-electron chi connectivity index (χ2n) is 4.25. The first-order valence-corrected chi connectivity index (χ1v) is 5.73. The maximum absolute atomic E-state index is 4.39. The van der Waals surface area contributed by atoms with Gasteiger partial charge in [0.15, 0.2) is 0 Å². The Morgan fingerprint density at radius 1 is 1.17 bits per heavy atom. The molecule has 0 saturated carbocycles. The van der Waals surface area contributed by atoms with Gasteiger partial charge in [0.05, 0.1) is 11.7 Å². The summed E-state index contributed by atoms with van der Waals surface area (Å²) in [6.07, 6.45) is 3.62. The summed E-state index contributed by atoms with van der Waals surface area (Å²) in [4.78, 5) is 8.54. The minimum Gasteiger partial charge on any atom is -0.340 e. The van der Waals surface area contributed by atoms with Crippen molar-refractivity contribution in [2.24, 2.45) is 0 Å². The predicted molar refractivity (Wildman–Crippen MR) is 70.9 cm³/mol. The quantitative estimate of drug-likeness (QED) is 0.721. The zero-order chi connectivity index (χ0) is 12.5. The van der Waals surface area contributed by atoms with Gasteiger partial charge in [0, 0.05) is 22.8 Å². The Morgan fingerprint density at radius 2 is 2.06 bits per heavy atom. The maximum Gasteiger partial charge on any atom is 0.136 e. The fourth-order valence-corrected chi connectivity index (χ4v) is 1.81. The highest BCUT2D eigenvalue weighted by Crippen LogP contribution is 2.21. The second kappa shape index (κ2) is 4.10. The van der Waals surface area contributed by atoms with Gasteiger partial charge in [-0.2, -0.15) is 5.10 Å². The third-order valence-corrected chi connectivity index (χ3v) is 2.80. The number of hydrogen-bond donors (Lipinski definition) is 2. The lowest BCUT2D eigenvalue weighted by Crippen LogP contribution is -1.99. The Labute approximate surface area is 104 Å². The third-order valence-electron chi connectivity index (χ3n) is 2.80. The van der Waals surface area contributed by atoms with E-state index < -0.39 is 0 Å². The monoisotopic (exact) mass is 239 g/mol. The van der Waals surface area contributed by atoms with Crippen LogP contribution in [0.3, 0.4) is 0 Å². The van der Waals surface area contributed by atoms with Gasteiger partial charge >= 0.3 is 0 Å². The minimum absolute atomic E-state index is 0.755. The maximum atomic E-state index is 4.39. The second-order valence-corrected chi connectivity index (χ2v) is 4.25. The Morgan fingerprint density at radius 3 is 2.94 bits per heavy atom. The largest absolute Gasteiger partial charge is 0.340 e. The van der Waals surface area contributed by atoms with Gasteiger partial charge in [-0.05, 0) is 32.0 Å². The number of benzene rings is 1. The zero-order valence-corrected chi connectivity index (χ0v) is 10.2. The molecular formula is C13H13N5. The number of rotatable bonds is 2. The van der Waals surface area contributed by atoms with E-state index in [1.165, 1.54) is 0 Å². The molecule has 1 aromatic carbocycles. The van der Waals surface area contributed by atoms with Crippen LogP contribution in [0.15, 0.2) is 30.6 Å². The molecule has 3 rings (SSSR count). The van der Waals surface area contributed by atoms with Crippen LogP contribution in [0.4, 0.5) is 11.5 Å². The highest BCUT2D eigenvalue weighted by atomic mass is 15.1. The van der Waals surface area contributed by atoms with Crippen LogP contribution in [0, 0.1) is 13.8 Å². The summed E-state index contributed by atoms with van der Waals surface area (Å²) in [5.74, 6) is 1.59. The average molecular weight is 239 g/mol. The number of H-pyrrole nitrogens is 1. The van der Waals surface area contributed by atoms with Crippen LogP contribution in [-0.4, -0.2) is 20.2 Å². The first kappa shape index (κ1) is 10.7. The number of nitrogens with one attached hydrogen (secondary N) is 2. The van der Waals surface area contributed by atoms with Crippen LogP contribution >= 0.6 is 0 Å². The van der Waals surface area contributed by atoms with Crippen molar-refractivity contribution >= 4 is 22.4 Å². The molecule has 3 aromatic rings. The molecule has 0 aliphatic heterocycles. The highest BCUT2D eigenvalue weighted by Gasteiger charge is 2.03. The van der Waals surface area contributed by atoms with E-state index in [1.807, 2.05) is 38.2 Å². The van der Waals surface area contributed by atoms with Crippen molar-refractivity contribution in [3.05, 3.63) is 42.0 Å². The Bertz CT molecular complexity index is 701. The molecule has 0 saturated heterocycles. The van der Waals surface area contributed by atoms with Crippen molar-refractivity contribution < 1.29 is 0 Å². The summed E-state index contributed by atoms with van der Waals surface area (Å²) in [7, 11) is 0. The van der Waals surface area contributed by atoms with Crippen molar-refractivity contribution in [1.29, 1.82) is 0 Å². The van der Waals surface area contributed by atoms with Gasteiger partial charge in [-0.1, -0.05) is 0 Å². The smallest absolute Gasteiger partial charge is 0.136 e. The minimum atomic E-state index is 0.755. The van der Waals surface area contributed by atoms with Gasteiger partial charge in [0.25, 0.3) is 0 Å². The molecule has 0 aliphatic rings. The number of hydrogen-bond acceptors (Lipinski definition) is 4. The number of aromatic amines is 1. The summed E-state index contributed by atoms with van der Waals surface area (Å²) in [6, 6.07) is 6.04. The van der Waals surface area contributed by atoms with E-state index in [9.17, 15) is 0 Å². The Balaban J connectivity index is 1.97. The molecule has 0 bridgehead atoms. The molecule has 0 fully saturated rings. The zero-order valence-electron chi connectivity index (χ0n) is 10.2. The molecule has 90 valence electrons. The van der Waals surface area contributed by atoms with Gasteiger partial charge < -0.3 is 5.32 Å². The molecule has 0 amide bonds. The molecule has 0 spiro atoms. The topological polar surface area (TPSA) is 66.5 Å². The van der Waals surface area contributed by atoms with Crippen molar-refractivity contribution in [3.8, 4) is 0 Å². The van der Waals surface area contributed by atoms with Crippen LogP contribution in [-0.2, 0) is 0 Å². The normalized spacial score (nSPS) is 10.8. The van der Waals surface area contributed by atoms with Gasteiger partial charge in [0.1, 0.15) is 11.6 Å². The fraction of sp³-hybridized carbons (Fsp3) is 0.154. The van der Waals surface area contributed by atoms with Gasteiger partial charge in [-0.15, -0.1) is 0 Å². The van der Waals surface area contributed by atoms with Gasteiger partial charge in [-0.25, -0.2) is 9.97 Å². The molecule has 0 atom stereocenters. The van der Waals surface area contributed by atoms with Crippen molar-refractivity contribution in [2.75, 3.05) is 5.32 Å². The first-order chi connectivity index (χ1) is 8.72. The Kier molecular flexibility index (Phi) is 2.44. The predicted octanol–water partition coefficient (Wildman–Crippen LogP) is 2.71. The molecule has 18 heavy (non-hydrogen) atoms. The van der Waals surface area contributed by atoms with Crippen molar-refractivity contribution in [1.82, 2.24) is 20.2 Å². The molecule has 5 nitrogen and oxygen atoms in total. The van der Waals surface area contributed by atoms with E-state index in [2.05, 4.69) is 25.5 Å². The van der Waals surface area contributed by atoms with E-state index in [0.717, 1.165) is 33.8 Å². The van der Waals surface area contributed by atoms with E-state index in [1.54, 1.807) is 6.20 Å². The molecule has 0 radical (unpaired) electrons. The van der Waals surface area contributed by atoms with Crippen LogP contribution < -0.4 is 5.32 Å². The lowest BCUT2D eigenvalue weighted by Gasteiger charge is -2.08. The molecular weight excluding hydrogens is 226 g/mol. The molecule has 2 N–H and O–H groups in total. The number of fused-ring (bicyclic) bond motifs is 1. The first-order valence-electron chi connectivity index (χ1n) is 5.73. The van der Waals surface area contributed by atoms with E-state index in [0.29, 0.717) is 0 Å². The molecule has 2 heterocycles. The lowest BCUT2D eigenvalue weighted by molar-refractivity contribution is 1.04. The number of nitrogens with zero attached hydrogens (tertiary/aromatic N) is 3. The van der Waals surface area contributed by atoms with Crippen LogP contribution in [0.5, 0.6) is 0 Å². The van der Waals surface area contributed by atoms with E-state index >= 15 is 0 Å². The summed E-state index contributed by atoms with van der Waals surface area (Å²) in [5.41, 5.74) is 3.00. The summed E-state index contributed by atoms with van der Waals surface area (Å²) >= 11 is 0. The van der Waals surface area contributed by atoms with Crippen LogP contribution in [0.1, 0.15) is 11.4 Å². The van der Waals surface area contributed by atoms with Crippen molar-refractivity contribution in [3.63, 3.8) is 0 Å². The van der Waals surface area contributed by atoms with Crippen LogP contribution in [0.25, 0.3) is 10.9 Å². The number of aromatic nitrogens is 4. The molecule has 0 aliphatic carbocycles. The molecule has 0 unspecified atom stereocenters. The average Bonchev–Trinajstić information content (AvgIpc) is 2.81. The van der Waals surface area contributed by atoms with E-state index in [4.69, 9.17) is 0 Å². The third kappa shape index (κ3) is 1.90. The van der Waals surface area contributed by atoms with Gasteiger partial charge in [-0.3, -0.25) is 5.10 Å². The highest BCUT2D eigenvalue weighted by molar-refractivity contribution is 5.82. The number of aryl methyl sites for hydroxylation is 2. The van der Waals surface area contributed by atoms with E-state index in [-0.39, 0.29) is 0 Å². The standard InChI is InChI=1S/C13H13N5/c1-8-6-14-9(2)16-13(8)17-11-4-3-10-7-15-18-12(10)5-11/h3-7H,1-2H3,(H,15,18)(H,14,16,17). The fourth-order valence-electron chi connectivity index (χ4n) is 1.81.